The van der Waals surface area contributed by atoms with Crippen LogP contribution in [0.5, 0.6) is 0 Å². The van der Waals surface area contributed by atoms with Gasteiger partial charge in [-0.05, 0) is 6.42 Å². The third-order valence-corrected chi connectivity index (χ3v) is 2.23. The van der Waals surface area contributed by atoms with Crippen LogP contribution in [0.15, 0.2) is 0 Å². The zero-order chi connectivity index (χ0) is 8.81. The number of hydrogen-bond acceptors (Lipinski definition) is 4. The largest absolute Gasteiger partial charge is 0.396 e. The first-order valence-corrected chi connectivity index (χ1v) is 4.54. The van der Waals surface area contributed by atoms with Gasteiger partial charge in [-0.3, -0.25) is 4.90 Å². The van der Waals surface area contributed by atoms with Crippen LogP contribution in [0.2, 0.25) is 0 Å². The molecule has 0 amide bonds. The summed E-state index contributed by atoms with van der Waals surface area (Å²) in [6.07, 6.45) is 0.807. The molecule has 4 heteroatoms. The van der Waals surface area contributed by atoms with E-state index in [1.54, 1.807) is 0 Å². The molecule has 12 heavy (non-hydrogen) atoms. The summed E-state index contributed by atoms with van der Waals surface area (Å²) in [6.45, 7) is 4.13. The molecule has 1 rings (SSSR count). The summed E-state index contributed by atoms with van der Waals surface area (Å²) in [6, 6.07) is 0.398. The van der Waals surface area contributed by atoms with Gasteiger partial charge in [-0.1, -0.05) is 0 Å². The lowest BCUT2D eigenvalue weighted by molar-refractivity contribution is 0.144. The number of rotatable bonds is 4. The lowest BCUT2D eigenvalue weighted by Gasteiger charge is -2.32. The predicted octanol–water partition coefficient (Wildman–Crippen LogP) is -1.37. The Morgan fingerprint density at radius 1 is 1.33 bits per heavy atom. The van der Waals surface area contributed by atoms with Gasteiger partial charge in [-0.2, -0.15) is 0 Å². The highest BCUT2D eigenvalue weighted by Crippen LogP contribution is 2.01. The van der Waals surface area contributed by atoms with Crippen LogP contribution in [0, 0.1) is 0 Å². The molecule has 1 heterocycles. The first kappa shape index (κ1) is 9.92. The van der Waals surface area contributed by atoms with E-state index in [2.05, 4.69) is 10.2 Å². The van der Waals surface area contributed by atoms with Gasteiger partial charge >= 0.3 is 0 Å². The van der Waals surface area contributed by atoms with Crippen LogP contribution < -0.4 is 5.32 Å². The van der Waals surface area contributed by atoms with Crippen molar-refractivity contribution in [1.29, 1.82) is 0 Å². The Balaban J connectivity index is 2.20. The van der Waals surface area contributed by atoms with Crippen LogP contribution in [-0.2, 0) is 0 Å². The molecule has 1 atom stereocenters. The maximum atomic E-state index is 8.73. The van der Waals surface area contributed by atoms with Crippen molar-refractivity contribution in [2.24, 2.45) is 0 Å². The summed E-state index contributed by atoms with van der Waals surface area (Å²) in [7, 11) is 0. The molecule has 0 spiro atoms. The van der Waals surface area contributed by atoms with Gasteiger partial charge in [-0.25, -0.2) is 0 Å². The molecule has 72 valence electrons. The Kier molecular flexibility index (Phi) is 4.53. The number of β-amino-alcohol motifs (C(OH)–C–C–N with tert-alkyl or cyclic N) is 1. The molecule has 1 aliphatic heterocycles. The Labute approximate surface area is 73.2 Å². The van der Waals surface area contributed by atoms with Crippen molar-refractivity contribution in [3.63, 3.8) is 0 Å². The molecular weight excluding hydrogens is 156 g/mol. The highest BCUT2D eigenvalue weighted by molar-refractivity contribution is 4.77. The first-order valence-electron chi connectivity index (χ1n) is 4.54. The van der Waals surface area contributed by atoms with E-state index in [1.807, 2.05) is 0 Å². The Morgan fingerprint density at radius 2 is 2.17 bits per heavy atom. The number of piperazine rings is 1. The first-order chi connectivity index (χ1) is 5.86. The summed E-state index contributed by atoms with van der Waals surface area (Å²) in [5.74, 6) is 0. The van der Waals surface area contributed by atoms with Crippen LogP contribution in [-0.4, -0.2) is 60.5 Å². The van der Waals surface area contributed by atoms with Crippen LogP contribution >= 0.6 is 0 Å². The highest BCUT2D eigenvalue weighted by Gasteiger charge is 2.17. The molecule has 0 aromatic carbocycles. The fourth-order valence-corrected chi connectivity index (χ4v) is 1.59. The molecule has 0 saturated carbocycles. The van der Waals surface area contributed by atoms with Gasteiger partial charge in [0.15, 0.2) is 0 Å². The molecule has 0 aromatic rings. The van der Waals surface area contributed by atoms with Gasteiger partial charge in [-0.15, -0.1) is 0 Å². The maximum Gasteiger partial charge on any atom is 0.0558 e. The van der Waals surface area contributed by atoms with Crippen LogP contribution in [0.4, 0.5) is 0 Å². The summed E-state index contributed by atoms with van der Waals surface area (Å²) < 4.78 is 0. The average Bonchev–Trinajstić information content (AvgIpc) is 2.06. The molecule has 3 N–H and O–H groups in total. The van der Waals surface area contributed by atoms with E-state index in [-0.39, 0.29) is 13.2 Å². The monoisotopic (exact) mass is 174 g/mol. The molecular formula is C8H18N2O2. The number of nitrogens with one attached hydrogen (secondary N) is 1. The van der Waals surface area contributed by atoms with Gasteiger partial charge in [0, 0.05) is 38.8 Å². The molecule has 1 fully saturated rings. The van der Waals surface area contributed by atoms with Crippen molar-refractivity contribution >= 4 is 0 Å². The van der Waals surface area contributed by atoms with Gasteiger partial charge in [0.1, 0.15) is 0 Å². The number of aliphatic hydroxyl groups excluding tert-OH is 2. The quantitative estimate of drug-likeness (QED) is 0.492. The topological polar surface area (TPSA) is 55.7 Å². The Bertz CT molecular complexity index is 106. The van der Waals surface area contributed by atoms with E-state index in [0.29, 0.717) is 6.04 Å². The molecule has 1 unspecified atom stereocenters. The van der Waals surface area contributed by atoms with Crippen LogP contribution in [0.3, 0.4) is 0 Å². The summed E-state index contributed by atoms with van der Waals surface area (Å²) in [4.78, 5) is 2.22. The summed E-state index contributed by atoms with van der Waals surface area (Å²) in [5.41, 5.74) is 0. The highest BCUT2D eigenvalue weighted by atomic mass is 16.3. The van der Waals surface area contributed by atoms with E-state index in [0.717, 1.165) is 32.6 Å². The number of hydrogen-bond donors (Lipinski definition) is 3. The minimum Gasteiger partial charge on any atom is -0.396 e. The fraction of sp³-hybridized carbons (Fsp3) is 1.00. The summed E-state index contributed by atoms with van der Waals surface area (Å²) in [5, 5.41) is 20.8. The molecule has 4 nitrogen and oxygen atoms in total. The van der Waals surface area contributed by atoms with E-state index in [9.17, 15) is 0 Å². The second-order valence-corrected chi connectivity index (χ2v) is 3.19. The Morgan fingerprint density at radius 3 is 2.83 bits per heavy atom. The van der Waals surface area contributed by atoms with E-state index < -0.39 is 0 Å². The zero-order valence-electron chi connectivity index (χ0n) is 7.37. The third-order valence-electron chi connectivity index (χ3n) is 2.23. The minimum absolute atomic E-state index is 0.228. The zero-order valence-corrected chi connectivity index (χ0v) is 7.37. The average molecular weight is 174 g/mol. The molecule has 1 saturated heterocycles. The van der Waals surface area contributed by atoms with Crippen molar-refractivity contribution < 1.29 is 10.2 Å². The second kappa shape index (κ2) is 5.48. The fourth-order valence-electron chi connectivity index (χ4n) is 1.59. The maximum absolute atomic E-state index is 8.73. The third kappa shape index (κ3) is 3.06. The van der Waals surface area contributed by atoms with Crippen molar-refractivity contribution in [2.45, 2.75) is 12.5 Å². The lowest BCUT2D eigenvalue weighted by Crippen LogP contribution is -2.51. The van der Waals surface area contributed by atoms with Gasteiger partial charge in [0.2, 0.25) is 0 Å². The van der Waals surface area contributed by atoms with Gasteiger partial charge < -0.3 is 15.5 Å². The Hall–Kier alpha value is -0.160. The van der Waals surface area contributed by atoms with E-state index >= 15 is 0 Å². The van der Waals surface area contributed by atoms with Crippen LogP contribution in [0.25, 0.3) is 0 Å². The van der Waals surface area contributed by atoms with Gasteiger partial charge in [0.05, 0.1) is 6.61 Å². The van der Waals surface area contributed by atoms with E-state index in [4.69, 9.17) is 10.2 Å². The molecule has 0 radical (unpaired) electrons. The minimum atomic E-state index is 0.228. The van der Waals surface area contributed by atoms with Crippen molar-refractivity contribution in [1.82, 2.24) is 10.2 Å². The van der Waals surface area contributed by atoms with E-state index in [1.165, 1.54) is 0 Å². The standard InChI is InChI=1S/C8H18N2O2/c11-5-1-8-7-10(4-6-12)3-2-9-8/h8-9,11-12H,1-7H2. The number of nitrogens with zero attached hydrogens (tertiary/aromatic N) is 1. The SMILES string of the molecule is OCCC1CN(CCO)CCN1. The normalized spacial score (nSPS) is 26.0. The molecule has 1 aliphatic rings. The smallest absolute Gasteiger partial charge is 0.0558 e. The van der Waals surface area contributed by atoms with Gasteiger partial charge in [0.25, 0.3) is 0 Å². The predicted molar refractivity (Wildman–Crippen MR) is 47.0 cm³/mol. The van der Waals surface area contributed by atoms with Crippen molar-refractivity contribution in [3.05, 3.63) is 0 Å². The lowest BCUT2D eigenvalue weighted by atomic mass is 10.1. The number of aliphatic hydroxyl groups is 2. The second-order valence-electron chi connectivity index (χ2n) is 3.19. The van der Waals surface area contributed by atoms with Crippen molar-refractivity contribution in [3.8, 4) is 0 Å². The molecule has 0 bridgehead atoms. The molecule has 0 aliphatic carbocycles. The van der Waals surface area contributed by atoms with Crippen LogP contribution in [0.1, 0.15) is 6.42 Å². The van der Waals surface area contributed by atoms with Crippen molar-refractivity contribution in [2.75, 3.05) is 39.4 Å². The summed E-state index contributed by atoms with van der Waals surface area (Å²) >= 11 is 0. The molecule has 0 aromatic heterocycles.